The highest BCUT2D eigenvalue weighted by Crippen LogP contribution is 2.36. The summed E-state index contributed by atoms with van der Waals surface area (Å²) in [6.07, 6.45) is 0. The van der Waals surface area contributed by atoms with Crippen LogP contribution in [-0.2, 0) is 9.53 Å². The molecule has 0 unspecified atom stereocenters. The molecule has 1 aliphatic heterocycles. The third kappa shape index (κ3) is 3.77. The number of rotatable bonds is 6. The van der Waals surface area contributed by atoms with Crippen LogP contribution in [0.15, 0.2) is 59.8 Å². The van der Waals surface area contributed by atoms with E-state index in [2.05, 4.69) is 20.8 Å². The SMILES string of the molecule is CCOc1ccc(C(=O)C2=C(C(=O)OC)Nc3nnnn3[C@H]2c2ccc(C)cc2)cc1. The normalized spacial score (nSPS) is 15.1. The van der Waals surface area contributed by atoms with Crippen molar-refractivity contribution in [3.8, 4) is 5.75 Å². The third-order valence-corrected chi connectivity index (χ3v) is 4.97. The molecular weight excluding hydrogens is 398 g/mol. The number of aryl methyl sites for hydroxylation is 1. The maximum Gasteiger partial charge on any atom is 0.355 e. The Morgan fingerprint density at radius 1 is 1.10 bits per heavy atom. The molecule has 0 radical (unpaired) electrons. The number of ketones is 1. The number of aromatic nitrogens is 4. The first-order chi connectivity index (χ1) is 15.0. The van der Waals surface area contributed by atoms with E-state index in [1.54, 1.807) is 24.3 Å². The third-order valence-electron chi connectivity index (χ3n) is 4.97. The van der Waals surface area contributed by atoms with E-state index >= 15 is 0 Å². The number of nitrogens with zero attached hydrogens (tertiary/aromatic N) is 4. The minimum atomic E-state index is -0.708. The number of fused-ring (bicyclic) bond motifs is 1. The van der Waals surface area contributed by atoms with Crippen LogP contribution in [0, 0.1) is 6.92 Å². The maximum absolute atomic E-state index is 13.7. The van der Waals surface area contributed by atoms with Crippen molar-refractivity contribution in [1.82, 2.24) is 20.2 Å². The Kier molecular flexibility index (Phi) is 5.48. The lowest BCUT2D eigenvalue weighted by atomic mass is 9.89. The van der Waals surface area contributed by atoms with Crippen molar-refractivity contribution in [1.29, 1.82) is 0 Å². The molecule has 0 bridgehead atoms. The van der Waals surface area contributed by atoms with E-state index in [0.717, 1.165) is 11.1 Å². The number of carbonyl (C=O) groups excluding carboxylic acids is 2. The Hall–Kier alpha value is -4.01. The number of carbonyl (C=O) groups is 2. The van der Waals surface area contributed by atoms with Gasteiger partial charge < -0.3 is 14.8 Å². The predicted octanol–water partition coefficient (Wildman–Crippen LogP) is 2.71. The van der Waals surface area contributed by atoms with Gasteiger partial charge in [0.1, 0.15) is 17.5 Å². The fraction of sp³-hybridized carbons (Fsp3) is 0.227. The van der Waals surface area contributed by atoms with Crippen LogP contribution in [-0.4, -0.2) is 45.7 Å². The van der Waals surface area contributed by atoms with E-state index in [0.29, 0.717) is 17.9 Å². The minimum absolute atomic E-state index is 0.00857. The number of Topliss-reactive ketones (excluding diaryl/α,β-unsaturated/α-hetero) is 1. The number of hydrogen-bond donors (Lipinski definition) is 1. The summed E-state index contributed by atoms with van der Waals surface area (Å²) >= 11 is 0. The zero-order chi connectivity index (χ0) is 22.0. The Morgan fingerprint density at radius 3 is 2.45 bits per heavy atom. The van der Waals surface area contributed by atoms with Gasteiger partial charge >= 0.3 is 5.97 Å². The molecule has 1 aliphatic rings. The molecule has 2 heterocycles. The molecule has 0 spiro atoms. The number of esters is 1. The van der Waals surface area contributed by atoms with Crippen LogP contribution in [0.1, 0.15) is 34.5 Å². The van der Waals surface area contributed by atoms with Crippen molar-refractivity contribution in [3.63, 3.8) is 0 Å². The van der Waals surface area contributed by atoms with Crippen LogP contribution in [0.4, 0.5) is 5.95 Å². The summed E-state index contributed by atoms with van der Waals surface area (Å²) < 4.78 is 11.9. The van der Waals surface area contributed by atoms with Crippen molar-refractivity contribution in [2.45, 2.75) is 19.9 Å². The zero-order valence-corrected chi connectivity index (χ0v) is 17.3. The highest BCUT2D eigenvalue weighted by Gasteiger charge is 2.38. The summed E-state index contributed by atoms with van der Waals surface area (Å²) in [6, 6.07) is 13.7. The average molecular weight is 419 g/mol. The Balaban J connectivity index is 1.87. The van der Waals surface area contributed by atoms with Crippen molar-refractivity contribution >= 4 is 17.7 Å². The fourth-order valence-corrected chi connectivity index (χ4v) is 3.47. The van der Waals surface area contributed by atoms with E-state index in [4.69, 9.17) is 9.47 Å². The monoisotopic (exact) mass is 419 g/mol. The van der Waals surface area contributed by atoms with Crippen molar-refractivity contribution < 1.29 is 19.1 Å². The predicted molar refractivity (Wildman–Crippen MR) is 112 cm³/mol. The van der Waals surface area contributed by atoms with Crippen molar-refractivity contribution in [3.05, 3.63) is 76.5 Å². The summed E-state index contributed by atoms with van der Waals surface area (Å²) in [6.45, 7) is 4.37. The molecule has 9 heteroatoms. The second-order valence-electron chi connectivity index (χ2n) is 6.95. The van der Waals surface area contributed by atoms with E-state index in [1.807, 2.05) is 38.1 Å². The number of hydrogen-bond acceptors (Lipinski definition) is 8. The Morgan fingerprint density at radius 2 is 1.81 bits per heavy atom. The van der Waals surface area contributed by atoms with Gasteiger partial charge in [-0.15, -0.1) is 0 Å². The van der Waals surface area contributed by atoms with E-state index in [1.165, 1.54) is 11.8 Å². The molecule has 158 valence electrons. The second kappa shape index (κ2) is 8.39. The smallest absolute Gasteiger partial charge is 0.355 e. The number of allylic oxidation sites excluding steroid dienone is 1. The highest BCUT2D eigenvalue weighted by molar-refractivity contribution is 6.14. The lowest BCUT2D eigenvalue weighted by molar-refractivity contribution is -0.136. The topological polar surface area (TPSA) is 108 Å². The van der Waals surface area contributed by atoms with Crippen molar-refractivity contribution in [2.24, 2.45) is 0 Å². The number of ether oxygens (including phenoxy) is 2. The van der Waals surface area contributed by atoms with Gasteiger partial charge in [-0.3, -0.25) is 4.79 Å². The van der Waals surface area contributed by atoms with E-state index in [9.17, 15) is 9.59 Å². The van der Waals surface area contributed by atoms with E-state index in [-0.39, 0.29) is 23.0 Å². The first-order valence-corrected chi connectivity index (χ1v) is 9.75. The summed E-state index contributed by atoms with van der Waals surface area (Å²) in [5.74, 6) is -0.127. The van der Waals surface area contributed by atoms with Crippen LogP contribution in [0.5, 0.6) is 5.75 Å². The molecule has 2 aromatic carbocycles. The number of tetrazole rings is 1. The summed E-state index contributed by atoms with van der Waals surface area (Å²) in [4.78, 5) is 26.3. The Bertz CT molecular complexity index is 1150. The molecule has 9 nitrogen and oxygen atoms in total. The first-order valence-electron chi connectivity index (χ1n) is 9.75. The van der Waals surface area contributed by atoms with E-state index < -0.39 is 12.0 Å². The molecule has 0 amide bonds. The molecule has 0 fully saturated rings. The van der Waals surface area contributed by atoms with Crippen LogP contribution >= 0.6 is 0 Å². The second-order valence-corrected chi connectivity index (χ2v) is 6.95. The van der Waals surface area contributed by atoms with Crippen LogP contribution in [0.3, 0.4) is 0 Å². The number of methoxy groups -OCH3 is 1. The number of anilines is 1. The largest absolute Gasteiger partial charge is 0.494 e. The molecule has 1 aromatic heterocycles. The summed E-state index contributed by atoms with van der Waals surface area (Å²) in [5.41, 5.74) is 2.42. The highest BCUT2D eigenvalue weighted by atomic mass is 16.5. The average Bonchev–Trinajstić information content (AvgIpc) is 3.26. The van der Waals surface area contributed by atoms with Gasteiger partial charge in [0.25, 0.3) is 0 Å². The standard InChI is InChI=1S/C22H21N5O4/c1-4-31-16-11-9-15(10-12-16)20(28)17-18(21(29)30-3)23-22-24-25-26-27(22)19(17)14-7-5-13(2)6-8-14/h5-12,19H,4H2,1-3H3,(H,23,24,26)/t19-/m0/s1. The molecule has 4 rings (SSSR count). The van der Waals surface area contributed by atoms with Crippen LogP contribution < -0.4 is 10.1 Å². The van der Waals surface area contributed by atoms with Gasteiger partial charge in [-0.25, -0.2) is 4.79 Å². The number of nitrogens with one attached hydrogen (secondary N) is 1. The van der Waals surface area contributed by atoms with Gasteiger partial charge in [-0.2, -0.15) is 4.68 Å². The molecule has 31 heavy (non-hydrogen) atoms. The number of benzene rings is 2. The van der Waals surface area contributed by atoms with Crippen LogP contribution in [0.2, 0.25) is 0 Å². The molecular formula is C22H21N5O4. The van der Waals surface area contributed by atoms with Gasteiger partial charge in [0.15, 0.2) is 5.78 Å². The van der Waals surface area contributed by atoms with Gasteiger partial charge in [0.05, 0.1) is 19.3 Å². The molecule has 0 saturated heterocycles. The molecule has 1 atom stereocenters. The molecule has 0 saturated carbocycles. The minimum Gasteiger partial charge on any atom is -0.494 e. The van der Waals surface area contributed by atoms with Gasteiger partial charge in [0.2, 0.25) is 5.95 Å². The maximum atomic E-state index is 13.7. The zero-order valence-electron chi connectivity index (χ0n) is 17.3. The molecule has 0 aliphatic carbocycles. The molecule has 3 aromatic rings. The van der Waals surface area contributed by atoms with Gasteiger partial charge in [-0.05, 0) is 54.1 Å². The van der Waals surface area contributed by atoms with Gasteiger partial charge in [0, 0.05) is 5.56 Å². The first kappa shape index (κ1) is 20.3. The Labute approximate surface area is 178 Å². The lowest BCUT2D eigenvalue weighted by Crippen LogP contribution is -2.32. The molecule has 1 N–H and O–H groups in total. The van der Waals surface area contributed by atoms with Gasteiger partial charge in [-0.1, -0.05) is 34.9 Å². The lowest BCUT2D eigenvalue weighted by Gasteiger charge is -2.28. The summed E-state index contributed by atoms with van der Waals surface area (Å²) in [5, 5.41) is 14.6. The van der Waals surface area contributed by atoms with Crippen LogP contribution in [0.25, 0.3) is 0 Å². The van der Waals surface area contributed by atoms with Crippen molar-refractivity contribution in [2.75, 3.05) is 19.0 Å². The fourth-order valence-electron chi connectivity index (χ4n) is 3.47. The summed E-state index contributed by atoms with van der Waals surface area (Å²) in [7, 11) is 1.26. The quantitative estimate of drug-likeness (QED) is 0.480.